The average Bonchev–Trinajstić information content (AvgIpc) is 2.16. The first-order valence-corrected chi connectivity index (χ1v) is 4.20. The standard InChI is InChI=1S/C11H13FO/c1-4-8(2)10-6-5-9(12)7-11(10)13-3/h5-7H,2,4H2,1,3H3. The van der Waals surface area contributed by atoms with Gasteiger partial charge in [0.1, 0.15) is 11.6 Å². The van der Waals surface area contributed by atoms with Crippen LogP contribution in [0.25, 0.3) is 5.57 Å². The molecule has 0 aromatic heterocycles. The number of halogens is 1. The van der Waals surface area contributed by atoms with E-state index in [0.29, 0.717) is 5.75 Å². The van der Waals surface area contributed by atoms with Gasteiger partial charge in [-0.15, -0.1) is 0 Å². The molecule has 1 aromatic rings. The molecule has 0 unspecified atom stereocenters. The van der Waals surface area contributed by atoms with Gasteiger partial charge in [0.15, 0.2) is 0 Å². The summed E-state index contributed by atoms with van der Waals surface area (Å²) in [4.78, 5) is 0. The lowest BCUT2D eigenvalue weighted by Crippen LogP contribution is -1.91. The molecule has 70 valence electrons. The predicted molar refractivity (Wildman–Crippen MR) is 52.3 cm³/mol. The number of methoxy groups -OCH3 is 1. The van der Waals surface area contributed by atoms with Crippen LogP contribution in [0.3, 0.4) is 0 Å². The topological polar surface area (TPSA) is 9.23 Å². The van der Waals surface area contributed by atoms with Gasteiger partial charge in [0.25, 0.3) is 0 Å². The van der Waals surface area contributed by atoms with E-state index in [9.17, 15) is 4.39 Å². The maximum absolute atomic E-state index is 12.8. The van der Waals surface area contributed by atoms with Crippen LogP contribution in [0.5, 0.6) is 5.75 Å². The number of allylic oxidation sites excluding steroid dienone is 1. The highest BCUT2D eigenvalue weighted by atomic mass is 19.1. The van der Waals surface area contributed by atoms with Crippen LogP contribution in [0, 0.1) is 5.82 Å². The molecule has 0 fully saturated rings. The molecule has 0 saturated heterocycles. The Morgan fingerprint density at radius 1 is 1.54 bits per heavy atom. The van der Waals surface area contributed by atoms with Gasteiger partial charge in [0.2, 0.25) is 0 Å². The van der Waals surface area contributed by atoms with Crippen LogP contribution in [-0.4, -0.2) is 7.11 Å². The van der Waals surface area contributed by atoms with Crippen molar-refractivity contribution in [1.29, 1.82) is 0 Å². The summed E-state index contributed by atoms with van der Waals surface area (Å²) >= 11 is 0. The molecule has 0 spiro atoms. The highest BCUT2D eigenvalue weighted by Crippen LogP contribution is 2.27. The lowest BCUT2D eigenvalue weighted by atomic mass is 10.0. The van der Waals surface area contributed by atoms with Crippen LogP contribution < -0.4 is 4.74 Å². The molecule has 0 bridgehead atoms. The van der Waals surface area contributed by atoms with Crippen molar-refractivity contribution in [2.75, 3.05) is 7.11 Å². The zero-order chi connectivity index (χ0) is 9.84. The van der Waals surface area contributed by atoms with Crippen molar-refractivity contribution in [3.8, 4) is 5.75 Å². The first kappa shape index (κ1) is 9.78. The zero-order valence-corrected chi connectivity index (χ0v) is 7.93. The third-order valence-electron chi connectivity index (χ3n) is 1.97. The minimum atomic E-state index is -0.287. The van der Waals surface area contributed by atoms with Gasteiger partial charge in [0.05, 0.1) is 7.11 Å². The molecule has 0 heterocycles. The van der Waals surface area contributed by atoms with E-state index in [0.717, 1.165) is 17.6 Å². The summed E-state index contributed by atoms with van der Waals surface area (Å²) in [5.41, 5.74) is 1.84. The van der Waals surface area contributed by atoms with Crippen LogP contribution in [-0.2, 0) is 0 Å². The van der Waals surface area contributed by atoms with Crippen LogP contribution >= 0.6 is 0 Å². The molecule has 1 rings (SSSR count). The highest BCUT2D eigenvalue weighted by Gasteiger charge is 2.05. The number of hydrogen-bond acceptors (Lipinski definition) is 1. The Balaban J connectivity index is 3.13. The maximum atomic E-state index is 12.8. The summed E-state index contributed by atoms with van der Waals surface area (Å²) in [6.07, 6.45) is 0.835. The lowest BCUT2D eigenvalue weighted by Gasteiger charge is -2.09. The molecule has 1 nitrogen and oxygen atoms in total. The fourth-order valence-corrected chi connectivity index (χ4v) is 1.15. The van der Waals surface area contributed by atoms with Gasteiger partial charge in [-0.05, 0) is 24.1 Å². The Morgan fingerprint density at radius 2 is 2.23 bits per heavy atom. The summed E-state index contributed by atoms with van der Waals surface area (Å²) < 4.78 is 17.8. The van der Waals surface area contributed by atoms with Crippen molar-refractivity contribution >= 4 is 5.57 Å². The molecule has 13 heavy (non-hydrogen) atoms. The smallest absolute Gasteiger partial charge is 0.129 e. The minimum Gasteiger partial charge on any atom is -0.496 e. The number of hydrogen-bond donors (Lipinski definition) is 0. The van der Waals surface area contributed by atoms with Crippen molar-refractivity contribution in [3.05, 3.63) is 36.2 Å². The summed E-state index contributed by atoms with van der Waals surface area (Å²) in [7, 11) is 1.53. The van der Waals surface area contributed by atoms with E-state index < -0.39 is 0 Å². The van der Waals surface area contributed by atoms with Gasteiger partial charge in [0, 0.05) is 11.6 Å². The third kappa shape index (κ3) is 2.08. The Labute approximate surface area is 77.8 Å². The van der Waals surface area contributed by atoms with Gasteiger partial charge in [-0.1, -0.05) is 13.5 Å². The molecule has 0 saturated carbocycles. The van der Waals surface area contributed by atoms with Crippen molar-refractivity contribution in [3.63, 3.8) is 0 Å². The molecule has 0 aliphatic heterocycles. The summed E-state index contributed by atoms with van der Waals surface area (Å²) in [5, 5.41) is 0. The number of rotatable bonds is 3. The van der Waals surface area contributed by atoms with E-state index in [1.807, 2.05) is 6.92 Å². The molecule has 0 aliphatic carbocycles. The van der Waals surface area contributed by atoms with Crippen molar-refractivity contribution in [2.45, 2.75) is 13.3 Å². The van der Waals surface area contributed by atoms with Gasteiger partial charge in [-0.2, -0.15) is 0 Å². The number of ether oxygens (including phenoxy) is 1. The van der Waals surface area contributed by atoms with E-state index in [1.165, 1.54) is 19.2 Å². The Kier molecular flexibility index (Phi) is 3.07. The van der Waals surface area contributed by atoms with Crippen LogP contribution in [0.15, 0.2) is 24.8 Å². The van der Waals surface area contributed by atoms with E-state index in [-0.39, 0.29) is 5.82 Å². The second-order valence-corrected chi connectivity index (χ2v) is 2.80. The minimum absolute atomic E-state index is 0.287. The Morgan fingerprint density at radius 3 is 2.77 bits per heavy atom. The monoisotopic (exact) mass is 180 g/mol. The first-order chi connectivity index (χ1) is 6.19. The van der Waals surface area contributed by atoms with Crippen molar-refractivity contribution in [2.24, 2.45) is 0 Å². The fourth-order valence-electron chi connectivity index (χ4n) is 1.15. The molecular formula is C11H13FO. The van der Waals surface area contributed by atoms with E-state index in [2.05, 4.69) is 6.58 Å². The molecule has 2 heteroatoms. The van der Waals surface area contributed by atoms with Crippen LogP contribution in [0.4, 0.5) is 4.39 Å². The quantitative estimate of drug-likeness (QED) is 0.693. The SMILES string of the molecule is C=C(CC)c1ccc(F)cc1OC. The number of benzene rings is 1. The summed E-state index contributed by atoms with van der Waals surface area (Å²) in [6.45, 7) is 5.88. The van der Waals surface area contributed by atoms with E-state index in [4.69, 9.17) is 4.74 Å². The van der Waals surface area contributed by atoms with Gasteiger partial charge < -0.3 is 4.74 Å². The average molecular weight is 180 g/mol. The Bertz CT molecular complexity index is 318. The second kappa shape index (κ2) is 4.08. The zero-order valence-electron chi connectivity index (χ0n) is 7.93. The predicted octanol–water partition coefficient (Wildman–Crippen LogP) is 3.26. The molecule has 0 N–H and O–H groups in total. The lowest BCUT2D eigenvalue weighted by molar-refractivity contribution is 0.410. The molecule has 0 amide bonds. The fraction of sp³-hybridized carbons (Fsp3) is 0.273. The first-order valence-electron chi connectivity index (χ1n) is 4.20. The molecule has 1 aromatic carbocycles. The molecular weight excluding hydrogens is 167 g/mol. The normalized spacial score (nSPS) is 9.77. The molecule has 0 atom stereocenters. The van der Waals surface area contributed by atoms with Gasteiger partial charge in [-0.3, -0.25) is 0 Å². The van der Waals surface area contributed by atoms with E-state index >= 15 is 0 Å². The van der Waals surface area contributed by atoms with Crippen LogP contribution in [0.1, 0.15) is 18.9 Å². The summed E-state index contributed by atoms with van der Waals surface area (Å²) in [6, 6.07) is 4.48. The maximum Gasteiger partial charge on any atom is 0.129 e. The van der Waals surface area contributed by atoms with Gasteiger partial charge in [-0.25, -0.2) is 4.39 Å². The highest BCUT2D eigenvalue weighted by molar-refractivity contribution is 5.68. The Hall–Kier alpha value is -1.31. The van der Waals surface area contributed by atoms with Crippen molar-refractivity contribution < 1.29 is 9.13 Å². The van der Waals surface area contributed by atoms with Crippen LogP contribution in [0.2, 0.25) is 0 Å². The second-order valence-electron chi connectivity index (χ2n) is 2.80. The summed E-state index contributed by atoms with van der Waals surface area (Å²) in [5.74, 6) is 0.261. The largest absolute Gasteiger partial charge is 0.496 e. The molecule has 0 aliphatic rings. The van der Waals surface area contributed by atoms with Crippen molar-refractivity contribution in [1.82, 2.24) is 0 Å². The van der Waals surface area contributed by atoms with Gasteiger partial charge >= 0.3 is 0 Å². The van der Waals surface area contributed by atoms with E-state index in [1.54, 1.807) is 6.07 Å². The third-order valence-corrected chi connectivity index (χ3v) is 1.97. The molecule has 0 radical (unpaired) electrons.